The lowest BCUT2D eigenvalue weighted by Crippen LogP contribution is -2.36. The molecule has 27 heavy (non-hydrogen) atoms. The summed E-state index contributed by atoms with van der Waals surface area (Å²) < 4.78 is 0. The normalized spacial score (nSPS) is 15.0. The van der Waals surface area contributed by atoms with Gasteiger partial charge in [-0.3, -0.25) is 4.79 Å². The summed E-state index contributed by atoms with van der Waals surface area (Å²) in [5.74, 6) is 0.781. The van der Waals surface area contributed by atoms with Crippen molar-refractivity contribution in [3.63, 3.8) is 0 Å². The number of hydrogen-bond acceptors (Lipinski definition) is 3. The van der Waals surface area contributed by atoms with Gasteiger partial charge in [-0.05, 0) is 43.0 Å². The van der Waals surface area contributed by atoms with Crippen LogP contribution in [0.2, 0.25) is 0 Å². The molecule has 5 nitrogen and oxygen atoms in total. The molecule has 1 aliphatic carbocycles. The lowest BCUT2D eigenvalue weighted by Gasteiger charge is -2.22. The van der Waals surface area contributed by atoms with Crippen LogP contribution in [0.25, 0.3) is 10.9 Å². The Morgan fingerprint density at radius 1 is 1.11 bits per heavy atom. The smallest absolute Gasteiger partial charge is 0.253 e. The molecule has 1 saturated carbocycles. The van der Waals surface area contributed by atoms with Gasteiger partial charge in [0.25, 0.3) is 5.91 Å². The second kappa shape index (κ2) is 8.25. The summed E-state index contributed by atoms with van der Waals surface area (Å²) >= 11 is 0. The molecule has 140 valence electrons. The van der Waals surface area contributed by atoms with Crippen LogP contribution in [0.5, 0.6) is 0 Å². The van der Waals surface area contributed by atoms with Crippen LogP contribution in [-0.4, -0.2) is 28.5 Å². The van der Waals surface area contributed by atoms with E-state index in [1.807, 2.05) is 18.2 Å². The molecule has 2 heterocycles. The maximum absolute atomic E-state index is 12.3. The van der Waals surface area contributed by atoms with Gasteiger partial charge in [0.05, 0.1) is 5.56 Å². The molecule has 0 atom stereocenters. The zero-order chi connectivity index (χ0) is 18.5. The van der Waals surface area contributed by atoms with Gasteiger partial charge in [-0.25, -0.2) is 4.98 Å². The molecule has 0 bridgehead atoms. The van der Waals surface area contributed by atoms with E-state index in [9.17, 15) is 4.79 Å². The number of pyridine rings is 1. The van der Waals surface area contributed by atoms with Crippen molar-refractivity contribution in [3.05, 3.63) is 59.9 Å². The Hall–Kier alpha value is -2.82. The van der Waals surface area contributed by atoms with Crippen molar-refractivity contribution in [1.82, 2.24) is 15.3 Å². The van der Waals surface area contributed by atoms with E-state index in [-0.39, 0.29) is 5.91 Å². The van der Waals surface area contributed by atoms with Gasteiger partial charge in [0.1, 0.15) is 5.82 Å². The first-order valence-electron chi connectivity index (χ1n) is 9.85. The fourth-order valence-corrected chi connectivity index (χ4v) is 3.81. The van der Waals surface area contributed by atoms with Crippen LogP contribution in [0.1, 0.15) is 48.0 Å². The molecule has 1 aliphatic rings. The van der Waals surface area contributed by atoms with E-state index >= 15 is 0 Å². The Morgan fingerprint density at radius 2 is 1.96 bits per heavy atom. The first kappa shape index (κ1) is 17.6. The highest BCUT2D eigenvalue weighted by molar-refractivity contribution is 5.94. The van der Waals surface area contributed by atoms with Crippen molar-refractivity contribution in [3.8, 4) is 0 Å². The summed E-state index contributed by atoms with van der Waals surface area (Å²) in [5.41, 5.74) is 3.09. The number of fused-ring (bicyclic) bond motifs is 1. The first-order chi connectivity index (χ1) is 13.3. The monoisotopic (exact) mass is 362 g/mol. The summed E-state index contributed by atoms with van der Waals surface area (Å²) in [6.07, 6.45) is 10.5. The Morgan fingerprint density at radius 3 is 2.78 bits per heavy atom. The molecule has 4 rings (SSSR count). The number of hydrogen-bond donors (Lipinski definition) is 3. The van der Waals surface area contributed by atoms with Crippen molar-refractivity contribution in [2.75, 3.05) is 11.9 Å². The second-order valence-corrected chi connectivity index (χ2v) is 7.28. The molecule has 0 saturated heterocycles. The summed E-state index contributed by atoms with van der Waals surface area (Å²) in [6, 6.07) is 12.4. The first-order valence-corrected chi connectivity index (χ1v) is 9.85. The van der Waals surface area contributed by atoms with Gasteiger partial charge in [0.2, 0.25) is 0 Å². The third kappa shape index (κ3) is 4.30. The molecule has 0 unspecified atom stereocenters. The molecular formula is C22H26N4O. The molecule has 1 aromatic carbocycles. The van der Waals surface area contributed by atoms with Crippen LogP contribution in [0.15, 0.2) is 48.8 Å². The number of carbonyl (C=O) groups is 1. The fourth-order valence-electron chi connectivity index (χ4n) is 3.81. The van der Waals surface area contributed by atoms with Crippen LogP contribution < -0.4 is 10.6 Å². The lowest BCUT2D eigenvalue weighted by atomic mass is 9.95. The molecule has 2 aromatic heterocycles. The number of aromatic nitrogens is 2. The summed E-state index contributed by atoms with van der Waals surface area (Å²) in [6.45, 7) is 0.794. The lowest BCUT2D eigenvalue weighted by molar-refractivity contribution is 0.0927. The summed E-state index contributed by atoms with van der Waals surface area (Å²) in [5, 5.41) is 7.73. The van der Waals surface area contributed by atoms with Crippen molar-refractivity contribution in [2.45, 2.75) is 44.6 Å². The highest BCUT2D eigenvalue weighted by Gasteiger charge is 2.16. The molecule has 3 N–H and O–H groups in total. The fraction of sp³-hybridized carbons (Fsp3) is 0.364. The van der Waals surface area contributed by atoms with E-state index in [0.29, 0.717) is 11.6 Å². The van der Waals surface area contributed by atoms with Gasteiger partial charge in [0, 0.05) is 35.9 Å². The predicted molar refractivity (Wildman–Crippen MR) is 109 cm³/mol. The zero-order valence-electron chi connectivity index (χ0n) is 15.5. The second-order valence-electron chi connectivity index (χ2n) is 7.28. The van der Waals surface area contributed by atoms with Gasteiger partial charge in [-0.1, -0.05) is 37.5 Å². The average Bonchev–Trinajstić information content (AvgIpc) is 3.12. The number of benzene rings is 1. The van der Waals surface area contributed by atoms with E-state index < -0.39 is 0 Å². The SMILES string of the molecule is O=C(NC1CCCCC1)c1ccc(NCCc2c[nH]c3ccccc23)nc1. The van der Waals surface area contributed by atoms with E-state index in [1.54, 1.807) is 6.20 Å². The minimum atomic E-state index is -0.0141. The van der Waals surface area contributed by atoms with Crippen LogP contribution in [0, 0.1) is 0 Å². The molecule has 1 amide bonds. The highest BCUT2D eigenvalue weighted by atomic mass is 16.1. The number of rotatable bonds is 6. The van der Waals surface area contributed by atoms with Crippen LogP contribution in [0.4, 0.5) is 5.82 Å². The molecular weight excluding hydrogens is 336 g/mol. The van der Waals surface area contributed by atoms with E-state index in [2.05, 4.69) is 45.0 Å². The number of para-hydroxylation sites is 1. The molecule has 0 aliphatic heterocycles. The maximum atomic E-state index is 12.3. The summed E-state index contributed by atoms with van der Waals surface area (Å²) in [7, 11) is 0. The maximum Gasteiger partial charge on any atom is 0.253 e. The zero-order valence-corrected chi connectivity index (χ0v) is 15.5. The van der Waals surface area contributed by atoms with Crippen LogP contribution in [-0.2, 0) is 6.42 Å². The number of amides is 1. The number of H-pyrrole nitrogens is 1. The Bertz CT molecular complexity index is 894. The quantitative estimate of drug-likeness (QED) is 0.613. The van der Waals surface area contributed by atoms with Gasteiger partial charge >= 0.3 is 0 Å². The van der Waals surface area contributed by atoms with Crippen molar-refractivity contribution >= 4 is 22.6 Å². The standard InChI is InChI=1S/C22H26N4O/c27-22(26-18-6-2-1-3-7-18)17-10-11-21(25-15-17)23-13-12-16-14-24-20-9-5-4-8-19(16)20/h4-5,8-11,14-15,18,24H,1-3,6-7,12-13H2,(H,23,25)(H,26,27). The van der Waals surface area contributed by atoms with E-state index in [4.69, 9.17) is 0 Å². The Balaban J connectivity index is 1.29. The van der Waals surface area contributed by atoms with Crippen molar-refractivity contribution in [1.29, 1.82) is 0 Å². The number of nitrogens with one attached hydrogen (secondary N) is 3. The number of carbonyl (C=O) groups excluding carboxylic acids is 1. The van der Waals surface area contributed by atoms with Gasteiger partial charge in [-0.15, -0.1) is 0 Å². The van der Waals surface area contributed by atoms with Crippen molar-refractivity contribution < 1.29 is 4.79 Å². The van der Waals surface area contributed by atoms with E-state index in [0.717, 1.165) is 31.6 Å². The third-order valence-electron chi connectivity index (χ3n) is 5.34. The van der Waals surface area contributed by atoms with Crippen LogP contribution >= 0.6 is 0 Å². The largest absolute Gasteiger partial charge is 0.370 e. The van der Waals surface area contributed by atoms with Gasteiger partial charge in [-0.2, -0.15) is 0 Å². The Labute approximate surface area is 159 Å². The average molecular weight is 362 g/mol. The highest BCUT2D eigenvalue weighted by Crippen LogP contribution is 2.19. The Kier molecular flexibility index (Phi) is 5.37. The number of nitrogens with zero attached hydrogens (tertiary/aromatic N) is 1. The number of anilines is 1. The van der Waals surface area contributed by atoms with Crippen molar-refractivity contribution in [2.24, 2.45) is 0 Å². The minimum absolute atomic E-state index is 0.0141. The molecule has 1 fully saturated rings. The summed E-state index contributed by atoms with van der Waals surface area (Å²) in [4.78, 5) is 20.0. The van der Waals surface area contributed by atoms with E-state index in [1.165, 1.54) is 35.7 Å². The van der Waals surface area contributed by atoms with Gasteiger partial charge < -0.3 is 15.6 Å². The molecule has 0 spiro atoms. The topological polar surface area (TPSA) is 69.8 Å². The predicted octanol–water partition coefficient (Wildman–Crippen LogP) is 4.28. The molecule has 0 radical (unpaired) electrons. The molecule has 5 heteroatoms. The van der Waals surface area contributed by atoms with Crippen LogP contribution in [0.3, 0.4) is 0 Å². The minimum Gasteiger partial charge on any atom is -0.370 e. The number of aromatic amines is 1. The third-order valence-corrected chi connectivity index (χ3v) is 5.34. The molecule has 3 aromatic rings. The van der Waals surface area contributed by atoms with Gasteiger partial charge in [0.15, 0.2) is 0 Å².